The summed E-state index contributed by atoms with van der Waals surface area (Å²) in [5, 5.41) is 0. The van der Waals surface area contributed by atoms with Crippen molar-refractivity contribution in [2.45, 2.75) is 18.7 Å². The number of carbonyl (C=O) groups excluding carboxylic acids is 2. The average molecular weight is 481 g/mol. The van der Waals surface area contributed by atoms with Gasteiger partial charge in [-0.05, 0) is 73.5 Å². The number of esters is 2. The van der Waals surface area contributed by atoms with E-state index in [2.05, 4.69) is 0 Å². The molecule has 0 atom stereocenters. The number of hydrogen-bond acceptors (Lipinski definition) is 7. The van der Waals surface area contributed by atoms with Crippen LogP contribution in [0.5, 0.6) is 11.5 Å². The molecule has 0 saturated heterocycles. The van der Waals surface area contributed by atoms with Crippen LogP contribution in [0.25, 0.3) is 0 Å². The van der Waals surface area contributed by atoms with Gasteiger partial charge in [-0.15, -0.1) is 0 Å². The SMILES string of the molecule is Cc1ccc(S(=O)(=O)N(C)c2ccc(OC(=O)CN3CC(=O)Oc4ccccc43)cc2)cc1C. The third-order valence-corrected chi connectivity index (χ3v) is 7.42. The molecule has 0 N–H and O–H groups in total. The molecule has 0 radical (unpaired) electrons. The van der Waals surface area contributed by atoms with Crippen molar-refractivity contribution in [2.75, 3.05) is 29.3 Å². The standard InChI is InChI=1S/C25H24N2O6S/c1-17-8-13-21(14-18(17)2)34(30,31)26(3)19-9-11-20(12-10-19)32-24(28)15-27-16-25(29)33-23-7-5-4-6-22(23)27/h4-14H,15-16H2,1-3H3. The first-order chi connectivity index (χ1) is 16.1. The molecule has 0 fully saturated rings. The smallest absolute Gasteiger partial charge is 0.331 e. The molecule has 0 saturated carbocycles. The first-order valence-corrected chi connectivity index (χ1v) is 12.0. The van der Waals surface area contributed by atoms with Crippen LogP contribution in [0.2, 0.25) is 0 Å². The van der Waals surface area contributed by atoms with E-state index in [9.17, 15) is 18.0 Å². The monoisotopic (exact) mass is 480 g/mol. The molecule has 0 unspecified atom stereocenters. The van der Waals surface area contributed by atoms with Crippen LogP contribution < -0.4 is 18.7 Å². The first kappa shape index (κ1) is 23.3. The number of nitrogens with zero attached hydrogens (tertiary/aromatic N) is 2. The second-order valence-electron chi connectivity index (χ2n) is 7.98. The van der Waals surface area contributed by atoms with Crippen molar-refractivity contribution in [1.29, 1.82) is 0 Å². The third kappa shape index (κ3) is 4.74. The fourth-order valence-electron chi connectivity index (χ4n) is 3.56. The highest BCUT2D eigenvalue weighted by Gasteiger charge is 2.26. The van der Waals surface area contributed by atoms with Gasteiger partial charge >= 0.3 is 11.9 Å². The van der Waals surface area contributed by atoms with Crippen molar-refractivity contribution in [3.63, 3.8) is 0 Å². The van der Waals surface area contributed by atoms with E-state index in [4.69, 9.17) is 9.47 Å². The molecule has 3 aromatic carbocycles. The van der Waals surface area contributed by atoms with Crippen LogP contribution in [-0.2, 0) is 19.6 Å². The molecule has 8 nitrogen and oxygen atoms in total. The van der Waals surface area contributed by atoms with Gasteiger partial charge in [0.25, 0.3) is 10.0 Å². The molecule has 1 aliphatic rings. The zero-order valence-corrected chi connectivity index (χ0v) is 19.8. The van der Waals surface area contributed by atoms with Gasteiger partial charge in [-0.2, -0.15) is 0 Å². The Kier molecular flexibility index (Phi) is 6.30. The van der Waals surface area contributed by atoms with Gasteiger partial charge in [-0.3, -0.25) is 4.31 Å². The van der Waals surface area contributed by atoms with Crippen LogP contribution in [0.1, 0.15) is 11.1 Å². The number of fused-ring (bicyclic) bond motifs is 1. The van der Waals surface area contributed by atoms with Crippen molar-refractivity contribution in [3.8, 4) is 11.5 Å². The predicted molar refractivity (Wildman–Crippen MR) is 128 cm³/mol. The summed E-state index contributed by atoms with van der Waals surface area (Å²) >= 11 is 0. The van der Waals surface area contributed by atoms with Gasteiger partial charge in [0.1, 0.15) is 18.8 Å². The highest BCUT2D eigenvalue weighted by atomic mass is 32.2. The largest absolute Gasteiger partial charge is 0.425 e. The van der Waals surface area contributed by atoms with E-state index in [0.29, 0.717) is 17.1 Å². The Bertz CT molecular complexity index is 1350. The number of hydrogen-bond donors (Lipinski definition) is 0. The van der Waals surface area contributed by atoms with E-state index in [0.717, 1.165) is 11.1 Å². The molecule has 3 aromatic rings. The molecule has 0 spiro atoms. The Labute approximate surface area is 198 Å². The van der Waals surface area contributed by atoms with E-state index in [1.807, 2.05) is 13.8 Å². The van der Waals surface area contributed by atoms with Crippen LogP contribution in [0.3, 0.4) is 0 Å². The number of sulfonamides is 1. The van der Waals surface area contributed by atoms with Crippen LogP contribution >= 0.6 is 0 Å². The highest BCUT2D eigenvalue weighted by molar-refractivity contribution is 7.92. The third-order valence-electron chi connectivity index (χ3n) is 5.64. The summed E-state index contributed by atoms with van der Waals surface area (Å²) in [4.78, 5) is 26.1. The number of benzene rings is 3. The molecule has 0 aliphatic carbocycles. The lowest BCUT2D eigenvalue weighted by atomic mass is 10.1. The van der Waals surface area contributed by atoms with Crippen LogP contribution in [-0.4, -0.2) is 40.5 Å². The van der Waals surface area contributed by atoms with Crippen molar-refractivity contribution in [3.05, 3.63) is 77.9 Å². The summed E-state index contributed by atoms with van der Waals surface area (Å²) < 4.78 is 37.8. The maximum absolute atomic E-state index is 13.0. The Morgan fingerprint density at radius 1 is 1.03 bits per heavy atom. The van der Waals surface area contributed by atoms with Gasteiger partial charge in [0.2, 0.25) is 0 Å². The minimum atomic E-state index is -3.74. The topological polar surface area (TPSA) is 93.2 Å². The van der Waals surface area contributed by atoms with Gasteiger partial charge in [0.15, 0.2) is 5.75 Å². The number of anilines is 2. The molecular weight excluding hydrogens is 456 g/mol. The van der Waals surface area contributed by atoms with Crippen molar-refractivity contribution in [2.24, 2.45) is 0 Å². The average Bonchev–Trinajstić information content (AvgIpc) is 2.80. The van der Waals surface area contributed by atoms with E-state index in [1.165, 1.54) is 23.5 Å². The summed E-state index contributed by atoms with van der Waals surface area (Å²) in [7, 11) is -2.27. The van der Waals surface area contributed by atoms with E-state index in [1.54, 1.807) is 59.5 Å². The summed E-state index contributed by atoms with van der Waals surface area (Å²) in [6, 6.07) is 18.1. The summed E-state index contributed by atoms with van der Waals surface area (Å²) in [5.41, 5.74) is 2.96. The van der Waals surface area contributed by atoms with Crippen LogP contribution in [0.15, 0.2) is 71.6 Å². The first-order valence-electron chi connectivity index (χ1n) is 10.6. The molecule has 0 bridgehead atoms. The number of carbonyl (C=O) groups is 2. The molecular formula is C25H24N2O6S. The number of para-hydroxylation sites is 2. The van der Waals surface area contributed by atoms with Gasteiger partial charge in [-0.1, -0.05) is 18.2 Å². The molecule has 1 aliphatic heterocycles. The Hall–Kier alpha value is -3.85. The maximum atomic E-state index is 13.0. The van der Waals surface area contributed by atoms with Gasteiger partial charge in [-0.25, -0.2) is 18.0 Å². The second kappa shape index (κ2) is 9.18. The van der Waals surface area contributed by atoms with Crippen LogP contribution in [0, 0.1) is 13.8 Å². The zero-order chi connectivity index (χ0) is 24.5. The number of ether oxygens (including phenoxy) is 2. The van der Waals surface area contributed by atoms with Crippen molar-refractivity contribution < 1.29 is 27.5 Å². The maximum Gasteiger partial charge on any atom is 0.331 e. The Morgan fingerprint density at radius 2 is 1.74 bits per heavy atom. The fraction of sp³-hybridized carbons (Fsp3) is 0.200. The summed E-state index contributed by atoms with van der Waals surface area (Å²) in [5.74, 6) is -0.361. The van der Waals surface area contributed by atoms with Crippen LogP contribution in [0.4, 0.5) is 11.4 Å². The quantitative estimate of drug-likeness (QED) is 0.394. The lowest BCUT2D eigenvalue weighted by molar-refractivity contribution is -0.134. The summed E-state index contributed by atoms with van der Waals surface area (Å²) in [6.07, 6.45) is 0. The minimum Gasteiger partial charge on any atom is -0.425 e. The van der Waals surface area contributed by atoms with E-state index in [-0.39, 0.29) is 23.7 Å². The van der Waals surface area contributed by atoms with Gasteiger partial charge < -0.3 is 14.4 Å². The van der Waals surface area contributed by atoms with Crippen molar-refractivity contribution >= 4 is 33.3 Å². The zero-order valence-electron chi connectivity index (χ0n) is 19.0. The van der Waals surface area contributed by atoms with Gasteiger partial charge in [0, 0.05) is 7.05 Å². The molecule has 0 aromatic heterocycles. The predicted octanol–water partition coefficient (Wildman–Crippen LogP) is 3.46. The minimum absolute atomic E-state index is 0.0633. The van der Waals surface area contributed by atoms with Gasteiger partial charge in [0.05, 0.1) is 16.3 Å². The number of rotatable bonds is 6. The molecule has 34 heavy (non-hydrogen) atoms. The second-order valence-corrected chi connectivity index (χ2v) is 9.95. The normalized spacial score (nSPS) is 13.1. The highest BCUT2D eigenvalue weighted by Crippen LogP contribution is 2.31. The summed E-state index contributed by atoms with van der Waals surface area (Å²) in [6.45, 7) is 3.58. The fourth-order valence-corrected chi connectivity index (χ4v) is 4.84. The molecule has 176 valence electrons. The van der Waals surface area contributed by atoms with E-state index < -0.39 is 22.0 Å². The lowest BCUT2D eigenvalue weighted by Crippen LogP contribution is -2.41. The lowest BCUT2D eigenvalue weighted by Gasteiger charge is -2.28. The molecule has 4 rings (SSSR count). The number of aryl methyl sites for hydroxylation is 2. The molecule has 1 heterocycles. The Morgan fingerprint density at radius 3 is 2.44 bits per heavy atom. The molecule has 0 amide bonds. The van der Waals surface area contributed by atoms with Crippen molar-refractivity contribution in [1.82, 2.24) is 0 Å². The Balaban J connectivity index is 1.44. The van der Waals surface area contributed by atoms with E-state index >= 15 is 0 Å². The molecule has 9 heteroatoms.